The van der Waals surface area contributed by atoms with Gasteiger partial charge in [0.25, 0.3) is 0 Å². The Morgan fingerprint density at radius 3 is 2.74 bits per heavy atom. The zero-order valence-electron chi connectivity index (χ0n) is 13.4. The maximum absolute atomic E-state index is 13.5. The molecule has 1 saturated carbocycles. The fraction of sp³-hybridized carbons (Fsp3) is 0.765. The molecule has 3 aliphatic rings. The molecule has 1 saturated heterocycles. The van der Waals surface area contributed by atoms with E-state index in [1.54, 1.807) is 11.9 Å². The lowest BCUT2D eigenvalue weighted by atomic mass is 9.71. The van der Waals surface area contributed by atoms with Crippen molar-refractivity contribution in [3.63, 3.8) is 0 Å². The fourth-order valence-corrected chi connectivity index (χ4v) is 4.77. The van der Waals surface area contributed by atoms with Crippen LogP contribution in [0.4, 0.5) is 13.2 Å². The summed E-state index contributed by atoms with van der Waals surface area (Å²) in [4.78, 5) is 18.1. The molecule has 2 fully saturated rings. The highest BCUT2D eigenvalue weighted by Gasteiger charge is 2.52. The van der Waals surface area contributed by atoms with Crippen molar-refractivity contribution in [2.24, 2.45) is 22.7 Å². The number of hydrogen-bond donors (Lipinski definition) is 0. The van der Waals surface area contributed by atoms with Gasteiger partial charge in [-0.2, -0.15) is 13.2 Å². The number of carbonyl (C=O) groups is 1. The number of allylic oxidation sites excluding steroid dienone is 2. The molecular formula is C17H23F3N2O. The average Bonchev–Trinajstić information content (AvgIpc) is 2.75. The van der Waals surface area contributed by atoms with Gasteiger partial charge in [-0.05, 0) is 57.1 Å². The molecule has 6 heteroatoms. The Hall–Kier alpha value is -1.33. The SMILES string of the molecule is C=N[C@]12CCC3C(=CCCC3C(F)(F)F)[C@H](CCC(=O)N1C)C2. The number of hydrogen-bond acceptors (Lipinski definition) is 2. The van der Waals surface area contributed by atoms with E-state index in [0.717, 1.165) is 5.57 Å². The molecule has 0 N–H and O–H groups in total. The van der Waals surface area contributed by atoms with Gasteiger partial charge in [-0.3, -0.25) is 9.79 Å². The van der Waals surface area contributed by atoms with Crippen LogP contribution in [0.5, 0.6) is 0 Å². The number of carbonyl (C=O) groups excluding carboxylic acids is 1. The highest BCUT2D eigenvalue weighted by molar-refractivity contribution is 5.77. The largest absolute Gasteiger partial charge is 0.392 e. The number of fused-ring (bicyclic) bond motifs is 4. The minimum Gasteiger partial charge on any atom is -0.321 e. The first-order valence-electron chi connectivity index (χ1n) is 8.30. The molecule has 2 aliphatic carbocycles. The summed E-state index contributed by atoms with van der Waals surface area (Å²) in [6.07, 6.45) is 0.978. The lowest BCUT2D eigenvalue weighted by Gasteiger charge is -2.37. The summed E-state index contributed by atoms with van der Waals surface area (Å²) < 4.78 is 40.4. The van der Waals surface area contributed by atoms with Crippen LogP contribution in [0.3, 0.4) is 0 Å². The highest BCUT2D eigenvalue weighted by Crippen LogP contribution is 2.52. The standard InChI is InChI=1S/C17H23F3N2O/c1-21-16-9-8-13-12(4-3-5-14(13)17(18,19)20)11(10-16)6-7-15(23)22(16)2/h4,11,13-14H,1,3,5-10H2,2H3/t11-,13?,14?,16-/m1/s1. The van der Waals surface area contributed by atoms with E-state index < -0.39 is 23.7 Å². The molecule has 2 unspecified atom stereocenters. The van der Waals surface area contributed by atoms with E-state index in [4.69, 9.17) is 0 Å². The third-order valence-corrected chi connectivity index (χ3v) is 6.09. The smallest absolute Gasteiger partial charge is 0.321 e. The first-order valence-corrected chi connectivity index (χ1v) is 8.30. The van der Waals surface area contributed by atoms with Crippen molar-refractivity contribution < 1.29 is 18.0 Å². The minimum atomic E-state index is -4.16. The van der Waals surface area contributed by atoms with E-state index in [1.165, 1.54) is 0 Å². The number of halogens is 3. The maximum Gasteiger partial charge on any atom is 0.392 e. The normalized spacial score (nSPS) is 38.3. The number of alkyl halides is 3. The summed E-state index contributed by atoms with van der Waals surface area (Å²) in [5.41, 5.74) is 0.180. The Morgan fingerprint density at radius 1 is 1.35 bits per heavy atom. The van der Waals surface area contributed by atoms with Crippen molar-refractivity contribution in [3.05, 3.63) is 11.6 Å². The summed E-state index contributed by atoms with van der Waals surface area (Å²) in [7, 11) is 1.71. The molecule has 2 bridgehead atoms. The number of likely N-dealkylation sites (tertiary alicyclic amines) is 1. The monoisotopic (exact) mass is 328 g/mol. The van der Waals surface area contributed by atoms with Crippen LogP contribution >= 0.6 is 0 Å². The van der Waals surface area contributed by atoms with Gasteiger partial charge in [-0.15, -0.1) is 0 Å². The molecule has 3 nitrogen and oxygen atoms in total. The second kappa shape index (κ2) is 5.64. The Labute approximate surface area is 134 Å². The van der Waals surface area contributed by atoms with Gasteiger partial charge in [-0.25, -0.2) is 0 Å². The second-order valence-electron chi connectivity index (χ2n) is 7.11. The van der Waals surface area contributed by atoms with Gasteiger partial charge in [0.15, 0.2) is 0 Å². The zero-order valence-corrected chi connectivity index (χ0v) is 13.4. The number of nitrogens with zero attached hydrogens (tertiary/aromatic N) is 2. The summed E-state index contributed by atoms with van der Waals surface area (Å²) in [5.74, 6) is -1.70. The fourth-order valence-electron chi connectivity index (χ4n) is 4.77. The molecule has 1 aliphatic heterocycles. The van der Waals surface area contributed by atoms with Crippen LogP contribution in [0.2, 0.25) is 0 Å². The lowest BCUT2D eigenvalue weighted by Crippen LogP contribution is -2.47. The topological polar surface area (TPSA) is 32.7 Å². The van der Waals surface area contributed by atoms with E-state index in [9.17, 15) is 18.0 Å². The summed E-state index contributed by atoms with van der Waals surface area (Å²) in [6, 6.07) is 0. The molecule has 0 radical (unpaired) electrons. The highest BCUT2D eigenvalue weighted by atomic mass is 19.4. The molecule has 4 atom stereocenters. The summed E-state index contributed by atoms with van der Waals surface area (Å²) in [5, 5.41) is 0. The molecular weight excluding hydrogens is 305 g/mol. The molecule has 0 aromatic carbocycles. The molecule has 3 rings (SSSR count). The van der Waals surface area contributed by atoms with Crippen LogP contribution in [0.1, 0.15) is 44.9 Å². The van der Waals surface area contributed by atoms with Gasteiger partial charge in [0, 0.05) is 13.5 Å². The van der Waals surface area contributed by atoms with Gasteiger partial charge in [0.2, 0.25) is 5.91 Å². The molecule has 0 spiro atoms. The number of aliphatic imine (C=N–C) groups is 1. The maximum atomic E-state index is 13.5. The van der Waals surface area contributed by atoms with Crippen molar-refractivity contribution in [1.29, 1.82) is 0 Å². The minimum absolute atomic E-state index is 0.00653. The Bertz CT molecular complexity index is 542. The van der Waals surface area contributed by atoms with Crippen LogP contribution in [0.15, 0.2) is 16.6 Å². The second-order valence-corrected chi connectivity index (χ2v) is 7.11. The van der Waals surface area contributed by atoms with Crippen LogP contribution in [-0.2, 0) is 4.79 Å². The summed E-state index contributed by atoms with van der Waals surface area (Å²) in [6.45, 7) is 3.66. The summed E-state index contributed by atoms with van der Waals surface area (Å²) >= 11 is 0. The van der Waals surface area contributed by atoms with Crippen LogP contribution in [-0.4, -0.2) is 36.4 Å². The van der Waals surface area contributed by atoms with Crippen molar-refractivity contribution in [2.45, 2.75) is 56.8 Å². The van der Waals surface area contributed by atoms with E-state index >= 15 is 0 Å². The van der Waals surface area contributed by atoms with E-state index in [1.807, 2.05) is 6.08 Å². The van der Waals surface area contributed by atoms with Crippen molar-refractivity contribution in [3.8, 4) is 0 Å². The molecule has 1 heterocycles. The quantitative estimate of drug-likeness (QED) is 0.530. The molecule has 0 aromatic rings. The van der Waals surface area contributed by atoms with Gasteiger partial charge >= 0.3 is 6.18 Å². The molecule has 0 aromatic heterocycles. The van der Waals surface area contributed by atoms with Gasteiger partial charge in [-0.1, -0.05) is 11.6 Å². The predicted octanol–water partition coefficient (Wildman–Crippen LogP) is 3.95. The zero-order chi connectivity index (χ0) is 16.8. The van der Waals surface area contributed by atoms with Crippen molar-refractivity contribution in [2.75, 3.05) is 7.05 Å². The lowest BCUT2D eigenvalue weighted by molar-refractivity contribution is -0.189. The predicted molar refractivity (Wildman–Crippen MR) is 82.0 cm³/mol. The number of amides is 1. The van der Waals surface area contributed by atoms with Gasteiger partial charge in [0.05, 0.1) is 5.92 Å². The van der Waals surface area contributed by atoms with Gasteiger partial charge in [0.1, 0.15) is 5.66 Å². The van der Waals surface area contributed by atoms with Crippen LogP contribution < -0.4 is 0 Å². The Kier molecular flexibility index (Phi) is 4.05. The van der Waals surface area contributed by atoms with Crippen molar-refractivity contribution >= 4 is 12.6 Å². The third-order valence-electron chi connectivity index (χ3n) is 6.09. The molecule has 128 valence electrons. The first kappa shape index (κ1) is 16.5. The van der Waals surface area contributed by atoms with Crippen LogP contribution in [0, 0.1) is 17.8 Å². The molecule has 1 amide bonds. The molecule has 23 heavy (non-hydrogen) atoms. The first-order chi connectivity index (χ1) is 10.8. The van der Waals surface area contributed by atoms with E-state index in [-0.39, 0.29) is 18.2 Å². The van der Waals surface area contributed by atoms with E-state index in [2.05, 4.69) is 11.7 Å². The van der Waals surface area contributed by atoms with Crippen molar-refractivity contribution in [1.82, 2.24) is 4.90 Å². The number of rotatable bonds is 1. The third kappa shape index (κ3) is 2.70. The van der Waals surface area contributed by atoms with Gasteiger partial charge < -0.3 is 4.90 Å². The Morgan fingerprint density at radius 2 is 2.09 bits per heavy atom. The van der Waals surface area contributed by atoms with E-state index in [0.29, 0.717) is 38.5 Å². The average molecular weight is 328 g/mol. The van der Waals surface area contributed by atoms with Crippen LogP contribution in [0.25, 0.3) is 0 Å². The Balaban J connectivity index is 2.00.